The number of aromatic nitrogens is 6. The van der Waals surface area contributed by atoms with E-state index >= 15 is 0 Å². The highest BCUT2D eigenvalue weighted by Crippen LogP contribution is 2.38. The first-order chi connectivity index (χ1) is 15.1. The highest BCUT2D eigenvalue weighted by Gasteiger charge is 2.39. The first-order valence-electron chi connectivity index (χ1n) is 11.0. The van der Waals surface area contributed by atoms with Gasteiger partial charge in [-0.25, -0.2) is 4.98 Å². The minimum atomic E-state index is 0.0192. The molecule has 0 radical (unpaired) electrons. The quantitative estimate of drug-likeness (QED) is 0.445. The fourth-order valence-corrected chi connectivity index (χ4v) is 5.37. The van der Waals surface area contributed by atoms with Gasteiger partial charge in [0, 0.05) is 34.4 Å². The predicted molar refractivity (Wildman–Crippen MR) is 124 cm³/mol. The highest BCUT2D eigenvalue weighted by molar-refractivity contribution is 5.80. The summed E-state index contributed by atoms with van der Waals surface area (Å²) in [5.41, 5.74) is 4.64. The Morgan fingerprint density at radius 1 is 1.03 bits per heavy atom. The normalized spacial score (nSPS) is 18.3. The number of aromatic amines is 1. The smallest absolute Gasteiger partial charge is 0.182 e. The average molecular weight is 432 g/mol. The van der Waals surface area contributed by atoms with Gasteiger partial charge in [-0.3, -0.25) is 5.10 Å². The third-order valence-electron chi connectivity index (χ3n) is 6.25. The Bertz CT molecular complexity index is 1270. The maximum Gasteiger partial charge on any atom is 0.182 e. The first-order valence-corrected chi connectivity index (χ1v) is 11.0. The van der Waals surface area contributed by atoms with Crippen molar-refractivity contribution in [1.29, 1.82) is 0 Å². The van der Waals surface area contributed by atoms with Gasteiger partial charge in [0.1, 0.15) is 17.1 Å². The number of benzene rings is 1. The Hall–Kier alpha value is -3.26. The number of piperidine rings is 1. The fourth-order valence-electron chi connectivity index (χ4n) is 5.37. The average Bonchev–Trinajstić information content (AvgIpc) is 3.32. The van der Waals surface area contributed by atoms with E-state index in [-0.39, 0.29) is 22.9 Å². The molecule has 0 atom stereocenters. The van der Waals surface area contributed by atoms with E-state index in [1.807, 2.05) is 25.1 Å². The van der Waals surface area contributed by atoms with Crippen molar-refractivity contribution in [2.75, 3.05) is 0 Å². The lowest BCUT2D eigenvalue weighted by atomic mass is 9.79. The molecule has 1 aliphatic rings. The predicted octanol–water partition coefficient (Wildman–Crippen LogP) is 4.38. The van der Waals surface area contributed by atoms with E-state index in [9.17, 15) is 5.11 Å². The summed E-state index contributed by atoms with van der Waals surface area (Å²) in [5.74, 6) is 1.08. The Balaban J connectivity index is 1.53. The van der Waals surface area contributed by atoms with Crippen LogP contribution in [0.15, 0.2) is 36.7 Å². The minimum Gasteiger partial charge on any atom is -0.507 e. The SMILES string of the molecule is Cc1nc2cc(-c3ccc(-c4cn[nH]c4)cc3O)nnc2n1C1CC(C)(C)NC(C)(C)C1. The molecule has 1 aliphatic heterocycles. The van der Waals surface area contributed by atoms with Gasteiger partial charge in [0.05, 0.1) is 11.9 Å². The monoisotopic (exact) mass is 431 g/mol. The van der Waals surface area contributed by atoms with Crippen molar-refractivity contribution in [2.45, 2.75) is 64.6 Å². The van der Waals surface area contributed by atoms with Crippen LogP contribution >= 0.6 is 0 Å². The van der Waals surface area contributed by atoms with E-state index in [0.717, 1.165) is 41.0 Å². The lowest BCUT2D eigenvalue weighted by molar-refractivity contribution is 0.133. The van der Waals surface area contributed by atoms with Gasteiger partial charge in [0.2, 0.25) is 0 Å². The molecule has 1 fully saturated rings. The van der Waals surface area contributed by atoms with Crippen LogP contribution in [0.4, 0.5) is 0 Å². The van der Waals surface area contributed by atoms with Crippen molar-refractivity contribution in [1.82, 2.24) is 35.3 Å². The molecule has 3 N–H and O–H groups in total. The van der Waals surface area contributed by atoms with Gasteiger partial charge >= 0.3 is 0 Å². The molecular weight excluding hydrogens is 402 g/mol. The van der Waals surface area contributed by atoms with Gasteiger partial charge in [0.25, 0.3) is 0 Å². The zero-order valence-electron chi connectivity index (χ0n) is 19.1. The molecule has 1 saturated heterocycles. The van der Waals surface area contributed by atoms with Crippen LogP contribution in [-0.4, -0.2) is 46.1 Å². The van der Waals surface area contributed by atoms with Crippen LogP contribution in [0.2, 0.25) is 0 Å². The van der Waals surface area contributed by atoms with Crippen LogP contribution in [0.3, 0.4) is 0 Å². The van der Waals surface area contributed by atoms with E-state index in [1.54, 1.807) is 18.5 Å². The van der Waals surface area contributed by atoms with E-state index in [0.29, 0.717) is 11.3 Å². The van der Waals surface area contributed by atoms with Gasteiger partial charge in [-0.2, -0.15) is 5.10 Å². The minimum absolute atomic E-state index is 0.0192. The van der Waals surface area contributed by atoms with Crippen molar-refractivity contribution in [2.24, 2.45) is 0 Å². The number of hydrogen-bond donors (Lipinski definition) is 3. The van der Waals surface area contributed by atoms with Gasteiger partial charge in [-0.1, -0.05) is 6.07 Å². The lowest BCUT2D eigenvalue weighted by Gasteiger charge is -2.47. The molecule has 8 nitrogen and oxygen atoms in total. The van der Waals surface area contributed by atoms with Gasteiger partial charge in [-0.05, 0) is 71.2 Å². The standard InChI is InChI=1S/C24H29N7O/c1-14-27-20-9-19(18-7-6-15(8-21(18)32)16-12-25-26-13-16)28-29-22(20)31(14)17-10-23(2,3)30-24(4,5)11-17/h6-9,12-13,17,30,32H,10-11H2,1-5H3,(H,25,26). The highest BCUT2D eigenvalue weighted by atomic mass is 16.3. The van der Waals surface area contributed by atoms with Crippen molar-refractivity contribution in [3.05, 3.63) is 42.5 Å². The first kappa shape index (κ1) is 20.6. The molecule has 0 bridgehead atoms. The third kappa shape index (κ3) is 3.64. The second kappa shape index (κ2) is 7.13. The number of fused-ring (bicyclic) bond motifs is 1. The number of aryl methyl sites for hydroxylation is 1. The van der Waals surface area contributed by atoms with Crippen molar-refractivity contribution in [3.8, 4) is 28.1 Å². The number of rotatable bonds is 3. The third-order valence-corrected chi connectivity index (χ3v) is 6.25. The van der Waals surface area contributed by atoms with Crippen molar-refractivity contribution < 1.29 is 5.11 Å². The topological polar surface area (TPSA) is 105 Å². The summed E-state index contributed by atoms with van der Waals surface area (Å²) in [6, 6.07) is 7.71. The Morgan fingerprint density at radius 2 is 1.78 bits per heavy atom. The van der Waals surface area contributed by atoms with Crippen LogP contribution < -0.4 is 5.32 Å². The summed E-state index contributed by atoms with van der Waals surface area (Å²) >= 11 is 0. The summed E-state index contributed by atoms with van der Waals surface area (Å²) in [4.78, 5) is 4.80. The Kier molecular flexibility index (Phi) is 4.60. The molecule has 3 aromatic heterocycles. The molecule has 0 aliphatic carbocycles. The van der Waals surface area contributed by atoms with Crippen LogP contribution in [0.25, 0.3) is 33.5 Å². The number of aromatic hydroxyl groups is 1. The summed E-state index contributed by atoms with van der Waals surface area (Å²) in [7, 11) is 0. The largest absolute Gasteiger partial charge is 0.507 e. The van der Waals surface area contributed by atoms with Gasteiger partial charge in [-0.15, -0.1) is 10.2 Å². The van der Waals surface area contributed by atoms with Crippen LogP contribution in [0.1, 0.15) is 52.4 Å². The second-order valence-electron chi connectivity index (χ2n) is 10.1. The Labute approximate surface area is 187 Å². The number of phenols is 1. The molecule has 4 aromatic rings. The molecular formula is C24H29N7O. The maximum absolute atomic E-state index is 10.7. The number of imidazole rings is 1. The molecule has 1 aromatic carbocycles. The fraction of sp³-hybridized carbons (Fsp3) is 0.417. The van der Waals surface area contributed by atoms with Crippen molar-refractivity contribution in [3.63, 3.8) is 0 Å². The number of nitrogens with zero attached hydrogens (tertiary/aromatic N) is 5. The molecule has 0 unspecified atom stereocenters. The van der Waals surface area contributed by atoms with E-state index in [4.69, 9.17) is 4.98 Å². The van der Waals surface area contributed by atoms with Crippen molar-refractivity contribution >= 4 is 11.2 Å². The van der Waals surface area contributed by atoms with E-state index in [1.165, 1.54) is 0 Å². The van der Waals surface area contributed by atoms with Crippen LogP contribution in [-0.2, 0) is 0 Å². The molecule has 0 spiro atoms. The summed E-state index contributed by atoms with van der Waals surface area (Å²) in [5, 5.41) is 30.2. The molecule has 0 saturated carbocycles. The molecule has 0 amide bonds. The molecule has 166 valence electrons. The molecule has 4 heterocycles. The number of nitrogens with one attached hydrogen (secondary N) is 2. The van der Waals surface area contributed by atoms with Crippen LogP contribution in [0, 0.1) is 6.92 Å². The second-order valence-corrected chi connectivity index (χ2v) is 10.1. The summed E-state index contributed by atoms with van der Waals surface area (Å²) in [6.45, 7) is 11.0. The molecule has 32 heavy (non-hydrogen) atoms. The molecule has 8 heteroatoms. The summed E-state index contributed by atoms with van der Waals surface area (Å²) < 4.78 is 2.23. The number of hydrogen-bond acceptors (Lipinski definition) is 6. The lowest BCUT2D eigenvalue weighted by Crippen LogP contribution is -2.58. The van der Waals surface area contributed by atoms with E-state index in [2.05, 4.69) is 58.0 Å². The van der Waals surface area contributed by atoms with Gasteiger partial charge in [0.15, 0.2) is 5.65 Å². The Morgan fingerprint density at radius 3 is 2.44 bits per heavy atom. The molecule has 5 rings (SSSR count). The summed E-state index contributed by atoms with van der Waals surface area (Å²) in [6.07, 6.45) is 5.49. The number of H-pyrrole nitrogens is 1. The van der Waals surface area contributed by atoms with Gasteiger partial charge < -0.3 is 15.0 Å². The zero-order valence-corrected chi connectivity index (χ0v) is 19.1. The number of phenolic OH excluding ortho intramolecular Hbond substituents is 1. The zero-order chi connectivity index (χ0) is 22.7. The van der Waals surface area contributed by atoms with Crippen LogP contribution in [0.5, 0.6) is 5.75 Å². The van der Waals surface area contributed by atoms with E-state index < -0.39 is 0 Å². The maximum atomic E-state index is 10.7.